The maximum Gasteiger partial charge on any atom is 0.258 e. The van der Waals surface area contributed by atoms with E-state index in [1.165, 1.54) is 0 Å². The monoisotopic (exact) mass is 547 g/mol. The van der Waals surface area contributed by atoms with E-state index in [4.69, 9.17) is 0 Å². The molecule has 3 aromatic rings. The summed E-state index contributed by atoms with van der Waals surface area (Å²) < 4.78 is 26.8. The van der Waals surface area contributed by atoms with Gasteiger partial charge in [0.2, 0.25) is 15.9 Å². The van der Waals surface area contributed by atoms with Gasteiger partial charge in [0.25, 0.3) is 5.91 Å². The Morgan fingerprint density at radius 1 is 0.923 bits per heavy atom. The molecule has 0 fully saturated rings. The van der Waals surface area contributed by atoms with Crippen molar-refractivity contribution in [3.8, 4) is 0 Å². The standard InChI is InChI=1S/C29H33N5O4S/c1-4-39(37,38)34(20-26(35)30-18-19-33(2)3)23-16-14-22(15-17-23)31-28(21-10-6-5-7-11-21)27-24-12-8-9-13-25(24)32-29(27)36/h5-17,31H,4,18-20H2,1-3H3,(H,30,35)(H,32,36)/b28-27-. The molecule has 0 saturated carbocycles. The molecule has 0 bridgehead atoms. The number of nitrogens with zero attached hydrogens (tertiary/aromatic N) is 2. The molecule has 4 rings (SSSR count). The van der Waals surface area contributed by atoms with Gasteiger partial charge in [-0.2, -0.15) is 0 Å². The zero-order chi connectivity index (χ0) is 28.0. The second-order valence-corrected chi connectivity index (χ2v) is 11.5. The molecular weight excluding hydrogens is 514 g/mol. The smallest absolute Gasteiger partial charge is 0.258 e. The van der Waals surface area contributed by atoms with Crippen LogP contribution in [0.4, 0.5) is 17.1 Å². The first kappa shape index (κ1) is 27.9. The van der Waals surface area contributed by atoms with Gasteiger partial charge < -0.3 is 20.9 Å². The Bertz CT molecular complexity index is 1470. The minimum absolute atomic E-state index is 0.142. The molecule has 3 aromatic carbocycles. The Labute approximate surface area is 229 Å². The van der Waals surface area contributed by atoms with Crippen molar-refractivity contribution in [1.29, 1.82) is 0 Å². The molecule has 0 radical (unpaired) electrons. The lowest BCUT2D eigenvalue weighted by molar-refractivity contribution is -0.119. The van der Waals surface area contributed by atoms with E-state index in [0.717, 1.165) is 21.1 Å². The first-order valence-electron chi connectivity index (χ1n) is 12.7. The van der Waals surface area contributed by atoms with Crippen LogP contribution in [0.3, 0.4) is 0 Å². The topological polar surface area (TPSA) is 111 Å². The highest BCUT2D eigenvalue weighted by Gasteiger charge is 2.28. The van der Waals surface area contributed by atoms with Crippen molar-refractivity contribution < 1.29 is 18.0 Å². The molecule has 3 N–H and O–H groups in total. The summed E-state index contributed by atoms with van der Waals surface area (Å²) in [6.07, 6.45) is 0. The van der Waals surface area contributed by atoms with Crippen LogP contribution < -0.4 is 20.3 Å². The van der Waals surface area contributed by atoms with E-state index in [-0.39, 0.29) is 24.1 Å². The number of fused-ring (bicyclic) bond motifs is 1. The quantitative estimate of drug-likeness (QED) is 0.317. The van der Waals surface area contributed by atoms with Gasteiger partial charge in [-0.25, -0.2) is 8.42 Å². The zero-order valence-electron chi connectivity index (χ0n) is 22.3. The van der Waals surface area contributed by atoms with Crippen LogP contribution in [0, 0.1) is 0 Å². The fourth-order valence-corrected chi connectivity index (χ4v) is 5.28. The van der Waals surface area contributed by atoms with E-state index < -0.39 is 10.0 Å². The average Bonchev–Trinajstić information content (AvgIpc) is 3.26. The molecule has 1 aliphatic heterocycles. The van der Waals surface area contributed by atoms with Crippen LogP contribution in [0.25, 0.3) is 11.3 Å². The Morgan fingerprint density at radius 3 is 2.26 bits per heavy atom. The third-order valence-electron chi connectivity index (χ3n) is 6.28. The molecule has 1 aliphatic rings. The summed E-state index contributed by atoms with van der Waals surface area (Å²) in [6, 6.07) is 23.8. The van der Waals surface area contributed by atoms with E-state index in [0.29, 0.717) is 35.7 Å². The van der Waals surface area contributed by atoms with Gasteiger partial charge in [-0.15, -0.1) is 0 Å². The van der Waals surface area contributed by atoms with E-state index in [1.807, 2.05) is 73.6 Å². The van der Waals surface area contributed by atoms with Gasteiger partial charge in [-0.3, -0.25) is 13.9 Å². The number of amides is 2. The number of para-hydroxylation sites is 1. The number of carbonyl (C=O) groups excluding carboxylic acids is 2. The van der Waals surface area contributed by atoms with Crippen molar-refractivity contribution in [1.82, 2.24) is 10.2 Å². The predicted octanol–water partition coefficient (Wildman–Crippen LogP) is 3.45. The van der Waals surface area contributed by atoms with Gasteiger partial charge in [0.05, 0.1) is 22.7 Å². The van der Waals surface area contributed by atoms with Gasteiger partial charge in [-0.05, 0) is 56.9 Å². The minimum atomic E-state index is -3.70. The van der Waals surface area contributed by atoms with Crippen molar-refractivity contribution in [2.45, 2.75) is 6.92 Å². The van der Waals surface area contributed by atoms with E-state index >= 15 is 0 Å². The lowest BCUT2D eigenvalue weighted by Crippen LogP contribution is -2.43. The van der Waals surface area contributed by atoms with Gasteiger partial charge >= 0.3 is 0 Å². The highest BCUT2D eigenvalue weighted by molar-refractivity contribution is 7.92. The van der Waals surface area contributed by atoms with Crippen LogP contribution in [-0.2, 0) is 19.6 Å². The molecule has 2 amide bonds. The summed E-state index contributed by atoms with van der Waals surface area (Å²) in [7, 11) is 0.0879. The molecule has 9 nitrogen and oxygen atoms in total. The Balaban J connectivity index is 1.63. The number of anilines is 3. The number of hydrogen-bond acceptors (Lipinski definition) is 6. The van der Waals surface area contributed by atoms with Crippen LogP contribution in [-0.4, -0.2) is 64.6 Å². The number of likely N-dealkylation sites (N-methyl/N-ethyl adjacent to an activating group) is 1. The van der Waals surface area contributed by atoms with Gasteiger partial charge in [0.15, 0.2) is 0 Å². The van der Waals surface area contributed by atoms with Crippen LogP contribution in [0.15, 0.2) is 78.9 Å². The molecule has 39 heavy (non-hydrogen) atoms. The number of nitrogens with one attached hydrogen (secondary N) is 3. The number of carbonyl (C=O) groups is 2. The van der Waals surface area contributed by atoms with Crippen LogP contribution in [0.1, 0.15) is 18.1 Å². The van der Waals surface area contributed by atoms with Gasteiger partial charge in [0.1, 0.15) is 6.54 Å². The zero-order valence-corrected chi connectivity index (χ0v) is 23.1. The molecule has 0 aromatic heterocycles. The number of benzene rings is 3. The lowest BCUT2D eigenvalue weighted by Gasteiger charge is -2.24. The van der Waals surface area contributed by atoms with Crippen molar-refractivity contribution in [2.75, 3.05) is 54.4 Å². The summed E-state index contributed by atoms with van der Waals surface area (Å²) in [5.74, 6) is -0.728. The fraction of sp³-hybridized carbons (Fsp3) is 0.241. The Morgan fingerprint density at radius 2 is 1.59 bits per heavy atom. The first-order chi connectivity index (χ1) is 18.7. The number of rotatable bonds is 11. The molecule has 0 aliphatic carbocycles. The SMILES string of the molecule is CCS(=O)(=O)N(CC(=O)NCCN(C)C)c1ccc(N/C(=C2\C(=O)Nc3ccccc32)c2ccccc2)cc1. The van der Waals surface area contributed by atoms with Crippen LogP contribution in [0.5, 0.6) is 0 Å². The molecule has 204 valence electrons. The van der Waals surface area contributed by atoms with Gasteiger partial charge in [0, 0.05) is 30.0 Å². The van der Waals surface area contributed by atoms with E-state index in [1.54, 1.807) is 31.2 Å². The predicted molar refractivity (Wildman–Crippen MR) is 157 cm³/mol. The summed E-state index contributed by atoms with van der Waals surface area (Å²) in [6.45, 7) is 2.30. The third kappa shape index (κ3) is 6.65. The minimum Gasteiger partial charge on any atom is -0.354 e. The molecular formula is C29H33N5O4S. The van der Waals surface area contributed by atoms with Crippen molar-refractivity contribution in [3.05, 3.63) is 90.0 Å². The molecule has 1 heterocycles. The second kappa shape index (κ2) is 12.1. The molecule has 0 saturated heterocycles. The summed E-state index contributed by atoms with van der Waals surface area (Å²) in [5.41, 5.74) is 4.55. The lowest BCUT2D eigenvalue weighted by atomic mass is 10.00. The Kier molecular flexibility index (Phi) is 8.68. The fourth-order valence-electron chi connectivity index (χ4n) is 4.22. The van der Waals surface area contributed by atoms with E-state index in [9.17, 15) is 18.0 Å². The van der Waals surface area contributed by atoms with Crippen LogP contribution in [0.2, 0.25) is 0 Å². The summed E-state index contributed by atoms with van der Waals surface area (Å²) >= 11 is 0. The molecule has 0 spiro atoms. The normalized spacial score (nSPS) is 14.0. The number of hydrogen-bond donors (Lipinski definition) is 3. The van der Waals surface area contributed by atoms with Crippen molar-refractivity contribution in [3.63, 3.8) is 0 Å². The largest absolute Gasteiger partial charge is 0.354 e. The second-order valence-electron chi connectivity index (χ2n) is 9.35. The third-order valence-corrected chi connectivity index (χ3v) is 8.02. The Hall–Kier alpha value is -4.15. The first-order valence-corrected chi connectivity index (χ1v) is 14.3. The summed E-state index contributed by atoms with van der Waals surface area (Å²) in [4.78, 5) is 27.5. The molecule has 0 atom stereocenters. The highest BCUT2D eigenvalue weighted by Crippen LogP contribution is 2.37. The average molecular weight is 548 g/mol. The summed E-state index contributed by atoms with van der Waals surface area (Å²) in [5, 5.41) is 9.06. The maximum absolute atomic E-state index is 13.0. The highest BCUT2D eigenvalue weighted by atomic mass is 32.2. The molecule has 0 unspecified atom stereocenters. The van der Waals surface area contributed by atoms with E-state index in [2.05, 4.69) is 16.0 Å². The number of sulfonamides is 1. The molecule has 10 heteroatoms. The van der Waals surface area contributed by atoms with Gasteiger partial charge in [-0.1, -0.05) is 48.5 Å². The maximum atomic E-state index is 13.0. The van der Waals surface area contributed by atoms with Crippen molar-refractivity contribution >= 4 is 50.2 Å². The van der Waals surface area contributed by atoms with Crippen molar-refractivity contribution in [2.24, 2.45) is 0 Å². The van der Waals surface area contributed by atoms with Crippen LogP contribution >= 0.6 is 0 Å².